The molecule has 0 N–H and O–H groups in total. The van der Waals surface area contributed by atoms with E-state index in [1.165, 1.54) is 69.8 Å². The second kappa shape index (κ2) is 9.95. The topological polar surface area (TPSA) is 0 Å². The highest BCUT2D eigenvalue weighted by Gasteiger charge is 2.38. The summed E-state index contributed by atoms with van der Waals surface area (Å²) in [5.41, 5.74) is 3.56. The zero-order chi connectivity index (χ0) is 18.3. The molecule has 0 heterocycles. The van der Waals surface area contributed by atoms with E-state index in [0.717, 1.165) is 11.3 Å². The van der Waals surface area contributed by atoms with Gasteiger partial charge in [-0.1, -0.05) is 30.5 Å². The van der Waals surface area contributed by atoms with Gasteiger partial charge in [-0.3, -0.25) is 0 Å². The Balaban J connectivity index is 0.000000399. The SMILES string of the molecule is Cc1ccc([PH+](C2CCCCC2)C2CCCCC2)cc1.F[B-](F)(F)F. The molecule has 142 valence electrons. The van der Waals surface area contributed by atoms with Gasteiger partial charge in [0.2, 0.25) is 0 Å². The molecule has 3 rings (SSSR count). The largest absolute Gasteiger partial charge is 0.673 e. The van der Waals surface area contributed by atoms with Crippen LogP contribution in [0.3, 0.4) is 0 Å². The minimum absolute atomic E-state index is 0.340. The van der Waals surface area contributed by atoms with Gasteiger partial charge in [-0.25, -0.2) is 0 Å². The van der Waals surface area contributed by atoms with E-state index in [1.54, 1.807) is 5.30 Å². The molecule has 1 aromatic carbocycles. The van der Waals surface area contributed by atoms with Crippen LogP contribution in [0.4, 0.5) is 17.3 Å². The maximum Gasteiger partial charge on any atom is 0.673 e. The van der Waals surface area contributed by atoms with Gasteiger partial charge in [0, 0.05) is 7.92 Å². The summed E-state index contributed by atoms with van der Waals surface area (Å²) in [5, 5.41) is 1.75. The molecule has 0 amide bonds. The molecule has 0 aromatic heterocycles. The van der Waals surface area contributed by atoms with E-state index in [0.29, 0.717) is 0 Å². The van der Waals surface area contributed by atoms with Crippen LogP contribution in [0.5, 0.6) is 0 Å². The molecule has 0 spiro atoms. The molecule has 0 saturated heterocycles. The lowest BCUT2D eigenvalue weighted by Crippen LogP contribution is -2.26. The Morgan fingerprint density at radius 3 is 1.44 bits per heavy atom. The molecule has 2 aliphatic rings. The van der Waals surface area contributed by atoms with Gasteiger partial charge in [0.05, 0.1) is 16.6 Å². The van der Waals surface area contributed by atoms with Crippen molar-refractivity contribution in [1.29, 1.82) is 0 Å². The van der Waals surface area contributed by atoms with E-state index < -0.39 is 7.25 Å². The van der Waals surface area contributed by atoms with Gasteiger partial charge < -0.3 is 17.3 Å². The van der Waals surface area contributed by atoms with Crippen molar-refractivity contribution in [3.8, 4) is 0 Å². The summed E-state index contributed by atoms with van der Waals surface area (Å²) in [4.78, 5) is 0. The molecule has 0 aliphatic heterocycles. The minimum atomic E-state index is -6.00. The monoisotopic (exact) mass is 376 g/mol. The predicted molar refractivity (Wildman–Crippen MR) is 103 cm³/mol. The first-order chi connectivity index (χ1) is 11.8. The second-order valence-electron chi connectivity index (χ2n) is 7.49. The summed E-state index contributed by atoms with van der Waals surface area (Å²) < 4.78 is 39.0. The third-order valence-electron chi connectivity index (χ3n) is 5.47. The Hall–Kier alpha value is -0.565. The highest BCUT2D eigenvalue weighted by molar-refractivity contribution is 7.67. The van der Waals surface area contributed by atoms with Crippen LogP contribution in [0.25, 0.3) is 0 Å². The van der Waals surface area contributed by atoms with Crippen molar-refractivity contribution in [3.05, 3.63) is 29.8 Å². The number of halogens is 4. The molecule has 2 saturated carbocycles. The van der Waals surface area contributed by atoms with E-state index in [4.69, 9.17) is 0 Å². The van der Waals surface area contributed by atoms with Crippen molar-refractivity contribution in [3.63, 3.8) is 0 Å². The average molecular weight is 376 g/mol. The number of benzene rings is 1. The van der Waals surface area contributed by atoms with Gasteiger partial charge >= 0.3 is 7.25 Å². The summed E-state index contributed by atoms with van der Waals surface area (Å²) >= 11 is 0. The molecule has 25 heavy (non-hydrogen) atoms. The lowest BCUT2D eigenvalue weighted by Gasteiger charge is -2.32. The summed E-state index contributed by atoms with van der Waals surface area (Å²) in [6.07, 6.45) is 15.1. The summed E-state index contributed by atoms with van der Waals surface area (Å²) in [5.74, 6) is 0. The Morgan fingerprint density at radius 1 is 0.720 bits per heavy atom. The smallest absolute Gasteiger partial charge is 0.418 e. The quantitative estimate of drug-likeness (QED) is 0.309. The van der Waals surface area contributed by atoms with Crippen LogP contribution in [0.2, 0.25) is 0 Å². The molecule has 1 aromatic rings. The van der Waals surface area contributed by atoms with Crippen molar-refractivity contribution < 1.29 is 17.3 Å². The molecule has 2 fully saturated rings. The van der Waals surface area contributed by atoms with Crippen LogP contribution in [0, 0.1) is 6.92 Å². The molecule has 6 heteroatoms. The van der Waals surface area contributed by atoms with Gasteiger partial charge in [0.1, 0.15) is 0 Å². The first-order valence-electron chi connectivity index (χ1n) is 9.65. The van der Waals surface area contributed by atoms with Crippen LogP contribution in [0.15, 0.2) is 24.3 Å². The maximum absolute atomic E-state index is 9.75. The summed E-state index contributed by atoms with van der Waals surface area (Å²) in [6.45, 7) is 2.22. The Kier molecular flexibility index (Phi) is 8.25. The van der Waals surface area contributed by atoms with Gasteiger partial charge in [0.25, 0.3) is 0 Å². The lowest BCUT2D eigenvalue weighted by molar-refractivity contribution is 0.368. The fourth-order valence-electron chi connectivity index (χ4n) is 4.38. The van der Waals surface area contributed by atoms with Crippen molar-refractivity contribution in [2.24, 2.45) is 0 Å². The van der Waals surface area contributed by atoms with Crippen molar-refractivity contribution in [2.45, 2.75) is 82.4 Å². The zero-order valence-electron chi connectivity index (χ0n) is 15.1. The Bertz CT molecular complexity index is 467. The second-order valence-corrected chi connectivity index (χ2v) is 10.6. The van der Waals surface area contributed by atoms with Gasteiger partial charge in [-0.15, -0.1) is 0 Å². The van der Waals surface area contributed by atoms with E-state index in [9.17, 15) is 17.3 Å². The van der Waals surface area contributed by atoms with E-state index in [2.05, 4.69) is 31.2 Å². The van der Waals surface area contributed by atoms with Crippen molar-refractivity contribution >= 4 is 20.5 Å². The highest BCUT2D eigenvalue weighted by atomic mass is 31.1. The summed E-state index contributed by atoms with van der Waals surface area (Å²) in [7, 11) is -6.34. The average Bonchev–Trinajstić information content (AvgIpc) is 2.57. The molecular weight excluding hydrogens is 346 g/mol. The van der Waals surface area contributed by atoms with Gasteiger partial charge in [-0.2, -0.15) is 0 Å². The molecule has 0 atom stereocenters. The lowest BCUT2D eigenvalue weighted by atomic mass is 9.99. The number of hydrogen-bond acceptors (Lipinski definition) is 0. The molecule has 0 radical (unpaired) electrons. The van der Waals surface area contributed by atoms with E-state index in [1.807, 2.05) is 0 Å². The Morgan fingerprint density at radius 2 is 1.08 bits per heavy atom. The zero-order valence-corrected chi connectivity index (χ0v) is 16.1. The first-order valence-corrected chi connectivity index (χ1v) is 11.3. The van der Waals surface area contributed by atoms with Crippen LogP contribution in [-0.2, 0) is 0 Å². The van der Waals surface area contributed by atoms with Crippen LogP contribution in [0.1, 0.15) is 69.8 Å². The fourth-order valence-corrected chi connectivity index (χ4v) is 8.60. The molecule has 0 nitrogen and oxygen atoms in total. The Labute approximate surface area is 150 Å². The maximum atomic E-state index is 9.75. The van der Waals surface area contributed by atoms with Gasteiger partial charge in [0.15, 0.2) is 0 Å². The third-order valence-corrected chi connectivity index (χ3v) is 9.39. The third kappa shape index (κ3) is 7.68. The molecule has 2 aliphatic carbocycles. The summed E-state index contributed by atoms with van der Waals surface area (Å²) in [6, 6.07) is 9.66. The molecule has 0 bridgehead atoms. The fraction of sp³-hybridized carbons (Fsp3) is 0.684. The molecule has 0 unspecified atom stereocenters. The number of rotatable bonds is 3. The van der Waals surface area contributed by atoms with E-state index in [-0.39, 0.29) is 7.92 Å². The first kappa shape index (κ1) is 20.7. The van der Waals surface area contributed by atoms with Crippen LogP contribution < -0.4 is 5.30 Å². The highest BCUT2D eigenvalue weighted by Crippen LogP contribution is 2.54. The predicted octanol–water partition coefficient (Wildman–Crippen LogP) is 6.80. The molecular formula is C19H30BF4P. The van der Waals surface area contributed by atoms with E-state index >= 15 is 0 Å². The van der Waals surface area contributed by atoms with Crippen LogP contribution in [-0.4, -0.2) is 18.6 Å². The van der Waals surface area contributed by atoms with Crippen molar-refractivity contribution in [2.75, 3.05) is 0 Å². The van der Waals surface area contributed by atoms with Crippen LogP contribution >= 0.6 is 7.92 Å². The normalized spacial score (nSPS) is 20.2. The van der Waals surface area contributed by atoms with Crippen molar-refractivity contribution in [1.82, 2.24) is 0 Å². The van der Waals surface area contributed by atoms with Gasteiger partial charge in [-0.05, 0) is 70.4 Å². The minimum Gasteiger partial charge on any atom is -0.418 e. The standard InChI is InChI=1S/C19H29P.BF4/c1-16-12-14-19(15-13-16)20(17-8-4-2-5-9-17)18-10-6-3-7-11-18;2-1(3,4)5/h12-15,17-18H,2-11H2,1H3;/q;-1/p+1. The number of aryl methyl sites for hydroxylation is 1. The number of hydrogen-bond donors (Lipinski definition) is 0.